The Balaban J connectivity index is 1.27. The normalized spacial score (nSPS) is 16.3. The molecule has 1 saturated heterocycles. The third-order valence-electron chi connectivity index (χ3n) is 6.30. The summed E-state index contributed by atoms with van der Waals surface area (Å²) in [5, 5.41) is 12.4. The highest BCUT2D eigenvalue weighted by molar-refractivity contribution is 7.20. The molecule has 6 rings (SSSR count). The predicted molar refractivity (Wildman–Crippen MR) is 139 cm³/mol. The zero-order valence-corrected chi connectivity index (χ0v) is 19.9. The summed E-state index contributed by atoms with van der Waals surface area (Å²) in [5.41, 5.74) is 3.65. The third-order valence-corrected chi connectivity index (χ3v) is 7.34. The van der Waals surface area contributed by atoms with Crippen LogP contribution in [-0.4, -0.2) is 32.3 Å². The van der Waals surface area contributed by atoms with Gasteiger partial charge >= 0.3 is 0 Å². The molecule has 174 valence electrons. The number of nitrogens with zero attached hydrogens (tertiary/aromatic N) is 4. The van der Waals surface area contributed by atoms with Crippen LogP contribution >= 0.6 is 11.3 Å². The van der Waals surface area contributed by atoms with E-state index in [0.717, 1.165) is 56.0 Å². The fourth-order valence-electron chi connectivity index (χ4n) is 4.45. The molecule has 3 aromatic heterocycles. The molecule has 0 saturated carbocycles. The van der Waals surface area contributed by atoms with E-state index in [0.29, 0.717) is 0 Å². The van der Waals surface area contributed by atoms with Gasteiger partial charge in [-0.25, -0.2) is 14.4 Å². The standard InChI is InChI=1S/C27H23FN6S/c1-17(18-4-2-5-20(28)12-18)34-25-10-8-22(13-19(25)15-32-34)33-27-26-24(30-16-31-27)14-23(35-26)9-7-21-6-3-11-29-21/h2,4-5,8,10,12-17,21,29H,3,6,11H2,1H3,(H,30,31,33)/t17?,21-/m0/s1. The Hall–Kier alpha value is -3.80. The van der Waals surface area contributed by atoms with Gasteiger partial charge in [-0.1, -0.05) is 24.0 Å². The fourth-order valence-corrected chi connectivity index (χ4v) is 5.37. The minimum Gasteiger partial charge on any atom is -0.339 e. The maximum atomic E-state index is 13.7. The van der Waals surface area contributed by atoms with Crippen LogP contribution in [0.1, 0.15) is 36.2 Å². The first kappa shape index (κ1) is 21.7. The summed E-state index contributed by atoms with van der Waals surface area (Å²) in [4.78, 5) is 9.90. The van der Waals surface area contributed by atoms with Gasteiger partial charge in [0.2, 0.25) is 0 Å². The Bertz CT molecular complexity index is 1590. The molecule has 0 spiro atoms. The van der Waals surface area contributed by atoms with Gasteiger partial charge in [-0.15, -0.1) is 11.3 Å². The minimum atomic E-state index is -0.244. The molecule has 1 aliphatic rings. The van der Waals surface area contributed by atoms with E-state index >= 15 is 0 Å². The van der Waals surface area contributed by atoms with Gasteiger partial charge in [-0.3, -0.25) is 4.68 Å². The lowest BCUT2D eigenvalue weighted by molar-refractivity contribution is 0.572. The van der Waals surface area contributed by atoms with Crippen LogP contribution in [0.25, 0.3) is 21.1 Å². The van der Waals surface area contributed by atoms with Crippen LogP contribution in [0.2, 0.25) is 0 Å². The number of rotatable bonds is 4. The van der Waals surface area contributed by atoms with Crippen molar-refractivity contribution in [3.05, 3.63) is 77.3 Å². The van der Waals surface area contributed by atoms with Gasteiger partial charge in [0.15, 0.2) is 5.82 Å². The average molecular weight is 483 g/mol. The van der Waals surface area contributed by atoms with Gasteiger partial charge in [0.1, 0.15) is 12.1 Å². The molecule has 1 fully saturated rings. The number of benzene rings is 2. The average Bonchev–Trinajstić information content (AvgIpc) is 3.62. The third kappa shape index (κ3) is 4.36. The summed E-state index contributed by atoms with van der Waals surface area (Å²) in [6, 6.07) is 14.9. The summed E-state index contributed by atoms with van der Waals surface area (Å²) < 4.78 is 16.6. The van der Waals surface area contributed by atoms with Crippen molar-refractivity contribution < 1.29 is 4.39 Å². The van der Waals surface area contributed by atoms with Gasteiger partial charge < -0.3 is 10.6 Å². The van der Waals surface area contributed by atoms with Crippen LogP contribution in [0.15, 0.2) is 61.1 Å². The van der Waals surface area contributed by atoms with Crippen molar-refractivity contribution in [3.63, 3.8) is 0 Å². The maximum Gasteiger partial charge on any atom is 0.151 e. The lowest BCUT2D eigenvalue weighted by Gasteiger charge is -2.14. The summed E-state index contributed by atoms with van der Waals surface area (Å²) in [7, 11) is 0. The highest BCUT2D eigenvalue weighted by Gasteiger charge is 2.15. The predicted octanol–water partition coefficient (Wildman–Crippen LogP) is 5.64. The maximum absolute atomic E-state index is 13.7. The molecule has 0 amide bonds. The molecule has 4 heterocycles. The second kappa shape index (κ2) is 9.10. The van der Waals surface area contributed by atoms with E-state index in [1.54, 1.807) is 29.8 Å². The Morgan fingerprint density at radius 2 is 2.14 bits per heavy atom. The van der Waals surface area contributed by atoms with Crippen LogP contribution in [-0.2, 0) is 0 Å². The second-order valence-corrected chi connectivity index (χ2v) is 9.74. The lowest BCUT2D eigenvalue weighted by Crippen LogP contribution is -2.18. The molecule has 5 aromatic rings. The molecule has 1 aliphatic heterocycles. The van der Waals surface area contributed by atoms with E-state index in [-0.39, 0.29) is 17.9 Å². The van der Waals surface area contributed by atoms with Gasteiger partial charge in [-0.2, -0.15) is 5.10 Å². The molecule has 2 atom stereocenters. The van der Waals surface area contributed by atoms with Crippen molar-refractivity contribution in [3.8, 4) is 11.8 Å². The van der Waals surface area contributed by atoms with Crippen molar-refractivity contribution >= 4 is 44.0 Å². The van der Waals surface area contributed by atoms with Crippen LogP contribution < -0.4 is 10.6 Å². The lowest BCUT2D eigenvalue weighted by atomic mass is 10.1. The van der Waals surface area contributed by atoms with E-state index in [1.807, 2.05) is 48.1 Å². The fraction of sp³-hybridized carbons (Fsp3) is 0.222. The first-order valence-corrected chi connectivity index (χ1v) is 12.4. The van der Waals surface area contributed by atoms with E-state index in [2.05, 4.69) is 37.5 Å². The Morgan fingerprint density at radius 1 is 1.20 bits per heavy atom. The largest absolute Gasteiger partial charge is 0.339 e. The summed E-state index contributed by atoms with van der Waals surface area (Å²) in [6.07, 6.45) is 5.69. The van der Waals surface area contributed by atoms with Gasteiger partial charge in [0.05, 0.1) is 38.9 Å². The first-order chi connectivity index (χ1) is 17.1. The van der Waals surface area contributed by atoms with Gasteiger partial charge in [0.25, 0.3) is 0 Å². The molecule has 6 nitrogen and oxygen atoms in total. The quantitative estimate of drug-likeness (QED) is 0.325. The van der Waals surface area contributed by atoms with Crippen molar-refractivity contribution in [2.45, 2.75) is 31.8 Å². The van der Waals surface area contributed by atoms with Gasteiger partial charge in [0, 0.05) is 11.1 Å². The summed E-state index contributed by atoms with van der Waals surface area (Å²) >= 11 is 1.60. The van der Waals surface area contributed by atoms with E-state index < -0.39 is 0 Å². The first-order valence-electron chi connectivity index (χ1n) is 11.6. The highest BCUT2D eigenvalue weighted by Crippen LogP contribution is 2.32. The van der Waals surface area contributed by atoms with Crippen molar-refractivity contribution in [1.29, 1.82) is 0 Å². The number of anilines is 2. The number of hydrogen-bond donors (Lipinski definition) is 2. The molecule has 2 aromatic carbocycles. The molecular formula is C27H23FN6S. The molecule has 0 radical (unpaired) electrons. The second-order valence-electron chi connectivity index (χ2n) is 8.68. The minimum absolute atomic E-state index is 0.0893. The Labute approximate surface area is 206 Å². The van der Waals surface area contributed by atoms with Crippen LogP contribution in [0.3, 0.4) is 0 Å². The molecule has 8 heteroatoms. The van der Waals surface area contributed by atoms with Crippen molar-refractivity contribution in [1.82, 2.24) is 25.1 Å². The summed E-state index contributed by atoms with van der Waals surface area (Å²) in [6.45, 7) is 3.06. The Morgan fingerprint density at radius 3 is 3.00 bits per heavy atom. The molecule has 2 N–H and O–H groups in total. The van der Waals surface area contributed by atoms with Crippen molar-refractivity contribution in [2.75, 3.05) is 11.9 Å². The smallest absolute Gasteiger partial charge is 0.151 e. The Kier molecular flexibility index (Phi) is 5.64. The van der Waals surface area contributed by atoms with E-state index in [9.17, 15) is 4.39 Å². The van der Waals surface area contributed by atoms with Crippen LogP contribution in [0.5, 0.6) is 0 Å². The molecular weight excluding hydrogens is 459 g/mol. The number of fused-ring (bicyclic) bond motifs is 2. The van der Waals surface area contributed by atoms with Gasteiger partial charge in [-0.05, 0) is 68.3 Å². The molecule has 35 heavy (non-hydrogen) atoms. The molecule has 0 aliphatic carbocycles. The number of thiophene rings is 1. The number of nitrogens with one attached hydrogen (secondary N) is 2. The molecule has 1 unspecified atom stereocenters. The highest BCUT2D eigenvalue weighted by atomic mass is 32.1. The van der Waals surface area contributed by atoms with Crippen LogP contribution in [0, 0.1) is 17.7 Å². The SMILES string of the molecule is CC(c1cccc(F)c1)n1ncc2cc(Nc3ncnc4cc(C#C[C@@H]5CCCN5)sc34)ccc21. The zero-order chi connectivity index (χ0) is 23.8. The summed E-state index contributed by atoms with van der Waals surface area (Å²) in [5.74, 6) is 7.13. The van der Waals surface area contributed by atoms with E-state index in [4.69, 9.17) is 0 Å². The zero-order valence-electron chi connectivity index (χ0n) is 19.1. The van der Waals surface area contributed by atoms with Crippen molar-refractivity contribution in [2.24, 2.45) is 0 Å². The molecule has 0 bridgehead atoms. The topological polar surface area (TPSA) is 67.7 Å². The number of aromatic nitrogens is 4. The number of hydrogen-bond acceptors (Lipinski definition) is 6. The number of halogens is 1. The van der Waals surface area contributed by atoms with E-state index in [1.165, 1.54) is 12.5 Å². The van der Waals surface area contributed by atoms with Crippen LogP contribution in [0.4, 0.5) is 15.9 Å². The monoisotopic (exact) mass is 482 g/mol.